The van der Waals surface area contributed by atoms with Crippen molar-refractivity contribution in [3.05, 3.63) is 11.4 Å². The highest BCUT2D eigenvalue weighted by atomic mass is 15.1. The smallest absolute Gasteiger partial charge is 0.136 e. The molecule has 3 N–H and O–H groups in total. The van der Waals surface area contributed by atoms with E-state index in [2.05, 4.69) is 27.2 Å². The highest BCUT2D eigenvalue weighted by molar-refractivity contribution is 5.55. The van der Waals surface area contributed by atoms with Crippen molar-refractivity contribution in [2.75, 3.05) is 37.7 Å². The Morgan fingerprint density at radius 3 is 2.74 bits per heavy atom. The van der Waals surface area contributed by atoms with Crippen LogP contribution in [0, 0.1) is 12.8 Å². The fraction of sp³-hybridized carbons (Fsp3) is 0.714. The van der Waals surface area contributed by atoms with Crippen LogP contribution in [-0.4, -0.2) is 41.5 Å². The summed E-state index contributed by atoms with van der Waals surface area (Å²) in [6, 6.07) is 0. The first-order valence-corrected chi connectivity index (χ1v) is 7.20. The van der Waals surface area contributed by atoms with Gasteiger partial charge < -0.3 is 16.0 Å². The lowest BCUT2D eigenvalue weighted by Gasteiger charge is -2.15. The maximum Gasteiger partial charge on any atom is 0.136 e. The molecule has 2 fully saturated rings. The minimum absolute atomic E-state index is 0.543. The van der Waals surface area contributed by atoms with E-state index in [-0.39, 0.29) is 0 Å². The highest BCUT2D eigenvalue weighted by Crippen LogP contribution is 2.39. The minimum atomic E-state index is 0.543. The van der Waals surface area contributed by atoms with Crippen molar-refractivity contribution in [3.8, 4) is 0 Å². The number of aromatic nitrogens is 2. The average Bonchev–Trinajstić information content (AvgIpc) is 3.15. The van der Waals surface area contributed by atoms with E-state index in [0.29, 0.717) is 17.7 Å². The van der Waals surface area contributed by atoms with Crippen LogP contribution in [0.1, 0.15) is 36.6 Å². The summed E-state index contributed by atoms with van der Waals surface area (Å²) in [5.74, 6) is 3.74. The summed E-state index contributed by atoms with van der Waals surface area (Å²) in [5, 5.41) is 3.48. The van der Waals surface area contributed by atoms with Crippen molar-refractivity contribution in [2.45, 2.75) is 32.1 Å². The zero-order valence-electron chi connectivity index (χ0n) is 11.8. The molecule has 104 valence electrons. The molecule has 1 aromatic heterocycles. The van der Waals surface area contributed by atoms with Crippen LogP contribution in [0.4, 0.5) is 11.6 Å². The lowest BCUT2D eigenvalue weighted by molar-refractivity contribution is 0.399. The van der Waals surface area contributed by atoms with Crippen molar-refractivity contribution in [3.63, 3.8) is 0 Å². The Morgan fingerprint density at radius 2 is 2.11 bits per heavy atom. The molecule has 3 rings (SSSR count). The molecule has 5 heteroatoms. The molecule has 1 atom stereocenters. The number of rotatable bonds is 4. The van der Waals surface area contributed by atoms with E-state index in [4.69, 9.17) is 5.73 Å². The van der Waals surface area contributed by atoms with E-state index in [1.165, 1.54) is 32.4 Å². The Morgan fingerprint density at radius 1 is 1.32 bits per heavy atom. The van der Waals surface area contributed by atoms with Crippen molar-refractivity contribution >= 4 is 11.6 Å². The fourth-order valence-electron chi connectivity index (χ4n) is 2.68. The Balaban J connectivity index is 1.69. The van der Waals surface area contributed by atoms with Crippen LogP contribution in [0.2, 0.25) is 0 Å². The number of hydrogen-bond donors (Lipinski definition) is 2. The monoisotopic (exact) mass is 261 g/mol. The van der Waals surface area contributed by atoms with Gasteiger partial charge in [-0.3, -0.25) is 0 Å². The molecule has 0 radical (unpaired) electrons. The first-order chi connectivity index (χ1) is 9.13. The molecule has 0 amide bonds. The molecule has 1 aliphatic carbocycles. The van der Waals surface area contributed by atoms with E-state index >= 15 is 0 Å². The van der Waals surface area contributed by atoms with Crippen LogP contribution in [0.5, 0.6) is 0 Å². The molecular formula is C14H23N5. The first kappa shape index (κ1) is 12.7. The molecule has 1 aromatic rings. The van der Waals surface area contributed by atoms with Gasteiger partial charge in [0.25, 0.3) is 0 Å². The summed E-state index contributed by atoms with van der Waals surface area (Å²) in [5.41, 5.74) is 6.98. The molecule has 5 nitrogen and oxygen atoms in total. The third-order valence-electron chi connectivity index (χ3n) is 4.19. The normalized spacial score (nSPS) is 23.8. The zero-order chi connectivity index (χ0) is 13.4. The standard InChI is InChI=1S/C14H23N5/c1-9-12(15)17-14(11-3-4-11)18-13(9)16-7-10-5-6-19(2)8-10/h10-11H,3-8H2,1-2H3,(H3,15,16,17,18). The van der Waals surface area contributed by atoms with Crippen molar-refractivity contribution in [1.82, 2.24) is 14.9 Å². The van der Waals surface area contributed by atoms with E-state index < -0.39 is 0 Å². The van der Waals surface area contributed by atoms with E-state index in [0.717, 1.165) is 23.8 Å². The summed E-state index contributed by atoms with van der Waals surface area (Å²) >= 11 is 0. The van der Waals surface area contributed by atoms with Gasteiger partial charge in [-0.25, -0.2) is 9.97 Å². The number of nitrogens with one attached hydrogen (secondary N) is 1. The number of anilines is 2. The number of likely N-dealkylation sites (tertiary alicyclic amines) is 1. The molecule has 0 aromatic carbocycles. The average molecular weight is 261 g/mol. The predicted octanol–water partition coefficient (Wildman–Crippen LogP) is 1.61. The van der Waals surface area contributed by atoms with Gasteiger partial charge in [0, 0.05) is 24.6 Å². The predicted molar refractivity (Wildman–Crippen MR) is 77.3 cm³/mol. The van der Waals surface area contributed by atoms with Crippen LogP contribution in [0.25, 0.3) is 0 Å². The SMILES string of the molecule is Cc1c(N)nc(C2CC2)nc1NCC1CCN(C)C1. The van der Waals surface area contributed by atoms with Crippen molar-refractivity contribution in [2.24, 2.45) is 5.92 Å². The van der Waals surface area contributed by atoms with Gasteiger partial charge in [0.1, 0.15) is 17.5 Å². The molecule has 1 saturated carbocycles. The largest absolute Gasteiger partial charge is 0.383 e. The Labute approximate surface area is 114 Å². The Hall–Kier alpha value is -1.36. The van der Waals surface area contributed by atoms with Crippen LogP contribution < -0.4 is 11.1 Å². The number of nitrogens with two attached hydrogens (primary N) is 1. The minimum Gasteiger partial charge on any atom is -0.383 e. The number of hydrogen-bond acceptors (Lipinski definition) is 5. The van der Waals surface area contributed by atoms with Crippen molar-refractivity contribution in [1.29, 1.82) is 0 Å². The summed E-state index contributed by atoms with van der Waals surface area (Å²) < 4.78 is 0. The van der Waals surface area contributed by atoms with Gasteiger partial charge in [-0.15, -0.1) is 0 Å². The zero-order valence-corrected chi connectivity index (χ0v) is 11.8. The van der Waals surface area contributed by atoms with Gasteiger partial charge in [0.15, 0.2) is 0 Å². The summed E-state index contributed by atoms with van der Waals surface area (Å²) in [6.45, 7) is 5.34. The lowest BCUT2D eigenvalue weighted by Crippen LogP contribution is -2.20. The Bertz CT molecular complexity index is 469. The van der Waals surface area contributed by atoms with Gasteiger partial charge in [-0.05, 0) is 45.7 Å². The van der Waals surface area contributed by atoms with Crippen LogP contribution in [-0.2, 0) is 0 Å². The van der Waals surface area contributed by atoms with E-state index in [1.807, 2.05) is 6.92 Å². The fourth-order valence-corrected chi connectivity index (χ4v) is 2.68. The molecule has 1 unspecified atom stereocenters. The highest BCUT2D eigenvalue weighted by Gasteiger charge is 2.28. The molecule has 2 heterocycles. The van der Waals surface area contributed by atoms with Crippen LogP contribution in [0.15, 0.2) is 0 Å². The third-order valence-corrected chi connectivity index (χ3v) is 4.19. The first-order valence-electron chi connectivity index (χ1n) is 7.20. The van der Waals surface area contributed by atoms with Gasteiger partial charge in [0.05, 0.1) is 0 Å². The maximum atomic E-state index is 5.99. The molecule has 2 aliphatic rings. The number of nitrogens with zero attached hydrogens (tertiary/aromatic N) is 3. The van der Waals surface area contributed by atoms with E-state index in [9.17, 15) is 0 Å². The summed E-state index contributed by atoms with van der Waals surface area (Å²) in [6.07, 6.45) is 3.67. The van der Waals surface area contributed by atoms with E-state index in [1.54, 1.807) is 0 Å². The molecule has 1 saturated heterocycles. The summed E-state index contributed by atoms with van der Waals surface area (Å²) in [7, 11) is 2.18. The number of nitrogen functional groups attached to an aromatic ring is 1. The van der Waals surface area contributed by atoms with Gasteiger partial charge in [0.2, 0.25) is 0 Å². The quantitative estimate of drug-likeness (QED) is 0.862. The molecule has 0 spiro atoms. The summed E-state index contributed by atoms with van der Waals surface area (Å²) in [4.78, 5) is 11.4. The topological polar surface area (TPSA) is 67.1 Å². The molecular weight excluding hydrogens is 238 g/mol. The molecule has 1 aliphatic heterocycles. The maximum absolute atomic E-state index is 5.99. The third kappa shape index (κ3) is 2.81. The lowest BCUT2D eigenvalue weighted by atomic mass is 10.1. The van der Waals surface area contributed by atoms with Crippen molar-refractivity contribution < 1.29 is 0 Å². The molecule has 19 heavy (non-hydrogen) atoms. The van der Waals surface area contributed by atoms with Crippen LogP contribution >= 0.6 is 0 Å². The van der Waals surface area contributed by atoms with Crippen LogP contribution in [0.3, 0.4) is 0 Å². The van der Waals surface area contributed by atoms with Gasteiger partial charge >= 0.3 is 0 Å². The van der Waals surface area contributed by atoms with Gasteiger partial charge in [-0.2, -0.15) is 0 Å². The second kappa shape index (κ2) is 4.96. The molecule has 0 bridgehead atoms. The second-order valence-corrected chi connectivity index (χ2v) is 6.01. The van der Waals surface area contributed by atoms with Gasteiger partial charge in [-0.1, -0.05) is 0 Å². The second-order valence-electron chi connectivity index (χ2n) is 6.01. The Kier molecular flexibility index (Phi) is 3.31.